The number of anilines is 1. The first-order valence-electron chi connectivity index (χ1n) is 6.52. The van der Waals surface area contributed by atoms with Crippen LogP contribution in [0.5, 0.6) is 0 Å². The van der Waals surface area contributed by atoms with Crippen molar-refractivity contribution in [3.63, 3.8) is 0 Å². The molecule has 4 nitrogen and oxygen atoms in total. The smallest absolute Gasteiger partial charge is 0.226 e. The van der Waals surface area contributed by atoms with Crippen molar-refractivity contribution in [2.45, 2.75) is 51.6 Å². The Morgan fingerprint density at radius 3 is 3.11 bits per heavy atom. The highest BCUT2D eigenvalue weighted by Gasteiger charge is 2.17. The zero-order valence-corrected chi connectivity index (χ0v) is 11.8. The van der Waals surface area contributed by atoms with Crippen LogP contribution in [0, 0.1) is 0 Å². The van der Waals surface area contributed by atoms with E-state index in [1.807, 2.05) is 5.38 Å². The second-order valence-electron chi connectivity index (χ2n) is 4.95. The molecular weight excluding hydrogens is 248 g/mol. The van der Waals surface area contributed by atoms with Gasteiger partial charge in [0.05, 0.1) is 11.8 Å². The maximum Gasteiger partial charge on any atom is 0.226 e. The zero-order chi connectivity index (χ0) is 13.0. The van der Waals surface area contributed by atoms with Gasteiger partial charge in [-0.15, -0.1) is 11.3 Å². The molecule has 0 aliphatic carbocycles. The number of nitrogens with one attached hydrogen (secondary N) is 1. The minimum Gasteiger partial charge on any atom is -0.378 e. The van der Waals surface area contributed by atoms with Crippen molar-refractivity contribution in [1.82, 2.24) is 4.98 Å². The average molecular weight is 268 g/mol. The van der Waals surface area contributed by atoms with Crippen LogP contribution in [0.3, 0.4) is 0 Å². The summed E-state index contributed by atoms with van der Waals surface area (Å²) in [6, 6.07) is 0. The molecule has 100 valence electrons. The molecule has 1 N–H and O–H groups in total. The summed E-state index contributed by atoms with van der Waals surface area (Å²) in [7, 11) is 0. The summed E-state index contributed by atoms with van der Waals surface area (Å²) >= 11 is 1.49. The van der Waals surface area contributed by atoms with Gasteiger partial charge in [0.25, 0.3) is 0 Å². The van der Waals surface area contributed by atoms with Gasteiger partial charge < -0.3 is 10.1 Å². The van der Waals surface area contributed by atoms with E-state index in [1.54, 1.807) is 0 Å². The quantitative estimate of drug-likeness (QED) is 0.892. The van der Waals surface area contributed by atoms with Crippen LogP contribution in [0.4, 0.5) is 5.13 Å². The number of hydrogen-bond donors (Lipinski definition) is 1. The molecule has 1 aliphatic rings. The fourth-order valence-electron chi connectivity index (χ4n) is 1.95. The summed E-state index contributed by atoms with van der Waals surface area (Å²) in [5.41, 5.74) is 1.04. The third-order valence-corrected chi connectivity index (χ3v) is 3.85. The molecule has 1 aromatic heterocycles. The van der Waals surface area contributed by atoms with Gasteiger partial charge in [0, 0.05) is 18.4 Å². The number of carbonyl (C=O) groups excluding carboxylic acids is 1. The maximum atomic E-state index is 11.7. The number of ether oxygens (including phenoxy) is 1. The summed E-state index contributed by atoms with van der Waals surface area (Å²) in [4.78, 5) is 16.1. The van der Waals surface area contributed by atoms with Crippen LogP contribution in [0.15, 0.2) is 5.38 Å². The predicted octanol–water partition coefficient (Wildman–Crippen LogP) is 3.16. The van der Waals surface area contributed by atoms with E-state index in [2.05, 4.69) is 24.1 Å². The lowest BCUT2D eigenvalue weighted by Crippen LogP contribution is -2.15. The average Bonchev–Trinajstić information content (AvgIpc) is 2.96. The maximum absolute atomic E-state index is 11.7. The molecule has 1 amide bonds. The second-order valence-corrected chi connectivity index (χ2v) is 5.81. The van der Waals surface area contributed by atoms with Crippen molar-refractivity contribution in [3.05, 3.63) is 11.1 Å². The normalized spacial score (nSPS) is 19.4. The summed E-state index contributed by atoms with van der Waals surface area (Å²) in [5, 5.41) is 5.56. The Hall–Kier alpha value is -0.940. The molecule has 1 unspecified atom stereocenters. The first-order chi connectivity index (χ1) is 8.65. The molecule has 2 heterocycles. The largest absolute Gasteiger partial charge is 0.378 e. The Kier molecular flexibility index (Phi) is 4.72. The molecular formula is C13H20N2O2S. The first kappa shape index (κ1) is 13.5. The van der Waals surface area contributed by atoms with Gasteiger partial charge in [-0.1, -0.05) is 13.8 Å². The van der Waals surface area contributed by atoms with Crippen molar-refractivity contribution in [2.75, 3.05) is 11.9 Å². The van der Waals surface area contributed by atoms with E-state index in [9.17, 15) is 4.79 Å². The lowest BCUT2D eigenvalue weighted by Gasteiger charge is -2.08. The highest BCUT2D eigenvalue weighted by Crippen LogP contribution is 2.22. The molecule has 0 radical (unpaired) electrons. The van der Waals surface area contributed by atoms with Gasteiger partial charge in [0.2, 0.25) is 5.91 Å². The van der Waals surface area contributed by atoms with Crippen molar-refractivity contribution in [1.29, 1.82) is 0 Å². The molecule has 2 rings (SSSR count). The minimum atomic E-state index is 0.0372. The van der Waals surface area contributed by atoms with E-state index in [0.29, 0.717) is 17.5 Å². The van der Waals surface area contributed by atoms with Gasteiger partial charge in [-0.2, -0.15) is 0 Å². The third kappa shape index (κ3) is 3.78. The lowest BCUT2D eigenvalue weighted by atomic mass is 10.1. The molecule has 1 aliphatic heterocycles. The SMILES string of the molecule is CC(C)c1csc(NC(=O)CCC2CCCO2)n1. The van der Waals surface area contributed by atoms with E-state index in [4.69, 9.17) is 4.74 Å². The van der Waals surface area contributed by atoms with Gasteiger partial charge in [-0.3, -0.25) is 4.79 Å². The van der Waals surface area contributed by atoms with E-state index < -0.39 is 0 Å². The van der Waals surface area contributed by atoms with Crippen LogP contribution < -0.4 is 5.32 Å². The minimum absolute atomic E-state index is 0.0372. The number of aromatic nitrogens is 1. The fourth-order valence-corrected chi connectivity index (χ4v) is 2.84. The van der Waals surface area contributed by atoms with Gasteiger partial charge in [0.1, 0.15) is 0 Å². The van der Waals surface area contributed by atoms with Gasteiger partial charge in [-0.05, 0) is 25.2 Å². The molecule has 1 saturated heterocycles. The number of amides is 1. The van der Waals surface area contributed by atoms with Crippen molar-refractivity contribution < 1.29 is 9.53 Å². The number of nitrogens with zero attached hydrogens (tertiary/aromatic N) is 1. The van der Waals surface area contributed by atoms with E-state index in [-0.39, 0.29) is 12.0 Å². The standard InChI is InChI=1S/C13H20N2O2S/c1-9(2)11-8-18-13(14-11)15-12(16)6-5-10-4-3-7-17-10/h8-10H,3-7H2,1-2H3,(H,14,15,16). The van der Waals surface area contributed by atoms with Crippen LogP contribution in [0.2, 0.25) is 0 Å². The highest BCUT2D eigenvalue weighted by atomic mass is 32.1. The monoisotopic (exact) mass is 268 g/mol. The Bertz CT molecular complexity index is 397. The second kappa shape index (κ2) is 6.29. The fraction of sp³-hybridized carbons (Fsp3) is 0.692. The van der Waals surface area contributed by atoms with E-state index in [0.717, 1.165) is 31.6 Å². The molecule has 0 bridgehead atoms. The van der Waals surface area contributed by atoms with Gasteiger partial charge in [-0.25, -0.2) is 4.98 Å². The summed E-state index contributed by atoms with van der Waals surface area (Å²) in [6.07, 6.45) is 3.81. The van der Waals surface area contributed by atoms with Crippen LogP contribution in [0.1, 0.15) is 51.1 Å². The van der Waals surface area contributed by atoms with Crippen LogP contribution in [-0.4, -0.2) is 23.6 Å². The Morgan fingerprint density at radius 1 is 1.67 bits per heavy atom. The van der Waals surface area contributed by atoms with Crippen LogP contribution in [-0.2, 0) is 9.53 Å². The summed E-state index contributed by atoms with van der Waals surface area (Å²) in [6.45, 7) is 5.03. The van der Waals surface area contributed by atoms with Gasteiger partial charge in [0.15, 0.2) is 5.13 Å². The number of carbonyl (C=O) groups is 1. The predicted molar refractivity (Wildman–Crippen MR) is 73.0 cm³/mol. The number of thiazole rings is 1. The van der Waals surface area contributed by atoms with E-state index in [1.165, 1.54) is 11.3 Å². The lowest BCUT2D eigenvalue weighted by molar-refractivity contribution is -0.116. The Morgan fingerprint density at radius 2 is 2.50 bits per heavy atom. The Balaban J connectivity index is 1.75. The van der Waals surface area contributed by atoms with Crippen molar-refractivity contribution >= 4 is 22.4 Å². The first-order valence-corrected chi connectivity index (χ1v) is 7.40. The summed E-state index contributed by atoms with van der Waals surface area (Å²) < 4.78 is 5.50. The summed E-state index contributed by atoms with van der Waals surface area (Å²) in [5.74, 6) is 0.439. The molecule has 5 heteroatoms. The molecule has 1 aromatic rings. The van der Waals surface area contributed by atoms with Crippen molar-refractivity contribution in [3.8, 4) is 0 Å². The topological polar surface area (TPSA) is 51.2 Å². The molecule has 1 atom stereocenters. The zero-order valence-electron chi connectivity index (χ0n) is 10.9. The highest BCUT2D eigenvalue weighted by molar-refractivity contribution is 7.13. The molecule has 18 heavy (non-hydrogen) atoms. The van der Waals surface area contributed by atoms with Crippen molar-refractivity contribution in [2.24, 2.45) is 0 Å². The molecule has 0 spiro atoms. The number of rotatable bonds is 5. The van der Waals surface area contributed by atoms with Crippen LogP contribution in [0.25, 0.3) is 0 Å². The van der Waals surface area contributed by atoms with Crippen LogP contribution >= 0.6 is 11.3 Å². The molecule has 0 aromatic carbocycles. The number of hydrogen-bond acceptors (Lipinski definition) is 4. The van der Waals surface area contributed by atoms with Gasteiger partial charge >= 0.3 is 0 Å². The third-order valence-electron chi connectivity index (χ3n) is 3.08. The van der Waals surface area contributed by atoms with E-state index >= 15 is 0 Å². The molecule has 0 saturated carbocycles. The molecule has 1 fully saturated rings. The Labute approximate surface area is 112 Å².